The van der Waals surface area contributed by atoms with Crippen LogP contribution in [0.25, 0.3) is 21.7 Å². The first-order chi connectivity index (χ1) is 13.9. The van der Waals surface area contributed by atoms with Gasteiger partial charge in [-0.05, 0) is 34.0 Å². The number of carboxylic acids is 1. The van der Waals surface area contributed by atoms with Crippen LogP contribution in [0.1, 0.15) is 16.4 Å². The van der Waals surface area contributed by atoms with Crippen molar-refractivity contribution in [3.8, 4) is 0 Å². The van der Waals surface area contributed by atoms with E-state index in [1.165, 1.54) is 6.08 Å². The number of aliphatic carboxylic acids is 1. The van der Waals surface area contributed by atoms with Gasteiger partial charge in [-0.15, -0.1) is 6.58 Å². The van der Waals surface area contributed by atoms with E-state index in [9.17, 15) is 13.2 Å². The van der Waals surface area contributed by atoms with Gasteiger partial charge in [0.05, 0.1) is 11.9 Å². The number of fused-ring (bicyclic) bond motifs is 2. The minimum Gasteiger partial charge on any atom is -0.481 e. The van der Waals surface area contributed by atoms with E-state index in [-0.39, 0.29) is 11.4 Å². The number of hydrogen-bond acceptors (Lipinski definition) is 4. The number of sulfone groups is 1. The van der Waals surface area contributed by atoms with Crippen molar-refractivity contribution in [3.63, 3.8) is 0 Å². The third-order valence-corrected chi connectivity index (χ3v) is 6.86. The summed E-state index contributed by atoms with van der Waals surface area (Å²) in [6.45, 7) is 3.76. The van der Waals surface area contributed by atoms with E-state index in [1.807, 2.05) is 36.4 Å². The molecule has 4 rings (SSSR count). The Hall–Kier alpha value is -3.45. The molecule has 0 bridgehead atoms. The minimum atomic E-state index is -3.93. The van der Waals surface area contributed by atoms with Gasteiger partial charge in [0.1, 0.15) is 5.25 Å². The Morgan fingerprint density at radius 1 is 1.10 bits per heavy atom. The highest BCUT2D eigenvalue weighted by atomic mass is 32.2. The van der Waals surface area contributed by atoms with Crippen LogP contribution in [0, 0.1) is 0 Å². The van der Waals surface area contributed by atoms with Crippen LogP contribution in [0.4, 0.5) is 0 Å². The maximum Gasteiger partial charge on any atom is 0.307 e. The van der Waals surface area contributed by atoms with Crippen molar-refractivity contribution < 1.29 is 18.3 Å². The molecule has 1 unspecified atom stereocenters. The Morgan fingerprint density at radius 2 is 1.86 bits per heavy atom. The summed E-state index contributed by atoms with van der Waals surface area (Å²) in [4.78, 5) is 11.0. The van der Waals surface area contributed by atoms with Crippen LogP contribution in [0.15, 0.2) is 78.3 Å². The van der Waals surface area contributed by atoms with Crippen LogP contribution in [-0.2, 0) is 21.1 Å². The third kappa shape index (κ3) is 3.30. The Kier molecular flexibility index (Phi) is 4.68. The van der Waals surface area contributed by atoms with Crippen LogP contribution >= 0.6 is 0 Å². The van der Waals surface area contributed by atoms with Gasteiger partial charge in [0.25, 0.3) is 0 Å². The second kappa shape index (κ2) is 7.18. The summed E-state index contributed by atoms with van der Waals surface area (Å²) >= 11 is 0. The van der Waals surface area contributed by atoms with Crippen molar-refractivity contribution in [2.45, 2.75) is 16.7 Å². The molecule has 1 aromatic heterocycles. The monoisotopic (exact) mass is 406 g/mol. The number of carboxylic acid groups (broad SMARTS) is 1. The first-order valence-electron chi connectivity index (χ1n) is 8.94. The lowest BCUT2D eigenvalue weighted by Crippen LogP contribution is -2.13. The second-order valence-electron chi connectivity index (χ2n) is 6.75. The predicted octanol–water partition coefficient (Wildman–Crippen LogP) is 4.04. The average Bonchev–Trinajstić information content (AvgIpc) is 3.12. The molecule has 146 valence electrons. The summed E-state index contributed by atoms with van der Waals surface area (Å²) in [7, 11) is -3.93. The molecule has 0 aliphatic carbocycles. The van der Waals surface area contributed by atoms with Crippen molar-refractivity contribution in [2.24, 2.45) is 0 Å². The maximum absolute atomic E-state index is 13.5. The smallest absolute Gasteiger partial charge is 0.307 e. The molecule has 0 saturated carbocycles. The number of nitrogens with one attached hydrogen (secondary N) is 1. The Bertz CT molecular complexity index is 1350. The maximum atomic E-state index is 13.5. The quantitative estimate of drug-likeness (QED) is 0.471. The Morgan fingerprint density at radius 3 is 2.62 bits per heavy atom. The number of hydrogen-bond donors (Lipinski definition) is 2. The summed E-state index contributed by atoms with van der Waals surface area (Å²) in [5, 5.41) is 16.8. The second-order valence-corrected chi connectivity index (χ2v) is 8.73. The lowest BCUT2D eigenvalue weighted by Gasteiger charge is -2.15. The molecule has 1 heterocycles. The molecule has 3 aromatic carbocycles. The SMILES string of the molecule is C=CC(c1cccc2ccccc12)S(=O)(=O)c1n[nH]c2ccc(CC(=O)O)cc12. The van der Waals surface area contributed by atoms with E-state index in [0.29, 0.717) is 22.0 Å². The number of H-pyrrole nitrogens is 1. The topological polar surface area (TPSA) is 100 Å². The summed E-state index contributed by atoms with van der Waals surface area (Å²) in [5.74, 6) is -0.989. The average molecular weight is 406 g/mol. The number of benzene rings is 3. The van der Waals surface area contributed by atoms with E-state index in [2.05, 4.69) is 16.8 Å². The van der Waals surface area contributed by atoms with Gasteiger partial charge in [0.15, 0.2) is 5.03 Å². The van der Waals surface area contributed by atoms with E-state index >= 15 is 0 Å². The number of aromatic nitrogens is 2. The van der Waals surface area contributed by atoms with Crippen molar-refractivity contribution in [1.82, 2.24) is 10.2 Å². The Labute approximate surface area is 167 Å². The summed E-state index contributed by atoms with van der Waals surface area (Å²) in [6, 6.07) is 17.9. The highest BCUT2D eigenvalue weighted by Crippen LogP contribution is 2.36. The van der Waals surface area contributed by atoms with Crippen molar-refractivity contribution in [3.05, 3.63) is 84.4 Å². The van der Waals surface area contributed by atoms with Gasteiger partial charge < -0.3 is 5.11 Å². The molecule has 0 aliphatic heterocycles. The molecular formula is C22H18N2O4S. The van der Waals surface area contributed by atoms with Crippen molar-refractivity contribution >= 4 is 37.5 Å². The first kappa shape index (κ1) is 18.9. The molecule has 0 saturated heterocycles. The molecule has 29 heavy (non-hydrogen) atoms. The lowest BCUT2D eigenvalue weighted by molar-refractivity contribution is -0.136. The molecule has 0 fully saturated rings. The predicted molar refractivity (Wildman–Crippen MR) is 112 cm³/mol. The molecule has 0 aliphatic rings. The van der Waals surface area contributed by atoms with Crippen LogP contribution < -0.4 is 0 Å². The molecule has 1 atom stereocenters. The van der Waals surface area contributed by atoms with Crippen LogP contribution in [0.5, 0.6) is 0 Å². The highest BCUT2D eigenvalue weighted by Gasteiger charge is 2.31. The molecular weight excluding hydrogens is 388 g/mol. The van der Waals surface area contributed by atoms with Crippen LogP contribution in [0.2, 0.25) is 0 Å². The first-order valence-corrected chi connectivity index (χ1v) is 10.5. The van der Waals surface area contributed by atoms with E-state index in [0.717, 1.165) is 10.8 Å². The fraction of sp³-hybridized carbons (Fsp3) is 0.0909. The molecule has 0 spiro atoms. The van der Waals surface area contributed by atoms with Crippen LogP contribution in [0.3, 0.4) is 0 Å². The zero-order valence-electron chi connectivity index (χ0n) is 15.4. The van der Waals surface area contributed by atoms with Gasteiger partial charge in [-0.2, -0.15) is 5.10 Å². The van der Waals surface area contributed by atoms with Gasteiger partial charge in [-0.25, -0.2) is 8.42 Å². The van der Waals surface area contributed by atoms with Crippen LogP contribution in [-0.4, -0.2) is 29.7 Å². The zero-order valence-corrected chi connectivity index (χ0v) is 16.2. The third-order valence-electron chi connectivity index (χ3n) is 4.90. The van der Waals surface area contributed by atoms with Gasteiger partial charge >= 0.3 is 5.97 Å². The molecule has 0 radical (unpaired) electrons. The highest BCUT2D eigenvalue weighted by molar-refractivity contribution is 7.92. The number of rotatable bonds is 6. The normalized spacial score (nSPS) is 12.8. The standard InChI is InChI=1S/C22H18N2O4S/c1-2-20(17-9-5-7-15-6-3-4-8-16(15)17)29(27,28)22-18-12-14(13-21(25)26)10-11-19(18)23-24-22/h2-12,20H,1,13H2,(H,23,24)(H,25,26). The molecule has 2 N–H and O–H groups in total. The molecule has 0 amide bonds. The molecule has 4 aromatic rings. The summed E-state index contributed by atoms with van der Waals surface area (Å²) in [5.41, 5.74) is 1.65. The lowest BCUT2D eigenvalue weighted by atomic mass is 10.0. The van der Waals surface area contributed by atoms with E-state index < -0.39 is 21.1 Å². The van der Waals surface area contributed by atoms with Gasteiger partial charge in [-0.3, -0.25) is 9.89 Å². The van der Waals surface area contributed by atoms with E-state index in [1.54, 1.807) is 24.3 Å². The fourth-order valence-corrected chi connectivity index (χ4v) is 5.26. The summed E-state index contributed by atoms with van der Waals surface area (Å²) < 4.78 is 27.1. The zero-order chi connectivity index (χ0) is 20.6. The number of aromatic amines is 1. The number of carbonyl (C=O) groups is 1. The largest absolute Gasteiger partial charge is 0.481 e. The number of nitrogens with zero attached hydrogens (tertiary/aromatic N) is 1. The Balaban J connectivity index is 1.89. The van der Waals surface area contributed by atoms with Gasteiger partial charge in [0.2, 0.25) is 9.84 Å². The summed E-state index contributed by atoms with van der Waals surface area (Å²) in [6.07, 6.45) is 1.20. The minimum absolute atomic E-state index is 0.113. The van der Waals surface area contributed by atoms with Gasteiger partial charge in [-0.1, -0.05) is 54.6 Å². The van der Waals surface area contributed by atoms with E-state index in [4.69, 9.17) is 5.11 Å². The van der Waals surface area contributed by atoms with Crippen molar-refractivity contribution in [2.75, 3.05) is 0 Å². The molecule has 7 heteroatoms. The molecule has 6 nitrogen and oxygen atoms in total. The fourth-order valence-electron chi connectivity index (χ4n) is 3.58. The van der Waals surface area contributed by atoms with Crippen molar-refractivity contribution in [1.29, 1.82) is 0 Å². The van der Waals surface area contributed by atoms with Gasteiger partial charge in [0, 0.05) is 5.39 Å².